The molecule has 0 aromatic carbocycles. The Kier molecular flexibility index (Phi) is 4.22. The van der Waals surface area contributed by atoms with Crippen LogP contribution in [0.25, 0.3) is 0 Å². The van der Waals surface area contributed by atoms with Crippen molar-refractivity contribution in [3.63, 3.8) is 0 Å². The molecule has 3 aliphatic rings. The molecule has 0 radical (unpaired) electrons. The number of aromatic nitrogens is 2. The lowest BCUT2D eigenvalue weighted by atomic mass is 9.94. The molecule has 8 nitrogen and oxygen atoms in total. The van der Waals surface area contributed by atoms with E-state index in [0.717, 1.165) is 25.1 Å². The van der Waals surface area contributed by atoms with Crippen LogP contribution in [0.2, 0.25) is 0 Å². The second-order valence-corrected chi connectivity index (χ2v) is 6.97. The van der Waals surface area contributed by atoms with E-state index in [1.807, 2.05) is 4.90 Å². The van der Waals surface area contributed by atoms with Gasteiger partial charge in [-0.25, -0.2) is 0 Å². The van der Waals surface area contributed by atoms with Crippen molar-refractivity contribution in [2.24, 2.45) is 5.92 Å². The maximum atomic E-state index is 12.2. The van der Waals surface area contributed by atoms with Gasteiger partial charge in [-0.05, 0) is 25.2 Å². The van der Waals surface area contributed by atoms with E-state index in [1.54, 1.807) is 0 Å². The lowest BCUT2D eigenvalue weighted by Gasteiger charge is -2.39. The average molecular weight is 334 g/mol. The zero-order valence-corrected chi connectivity index (χ0v) is 13.6. The Balaban J connectivity index is 1.15. The van der Waals surface area contributed by atoms with Gasteiger partial charge in [0.25, 0.3) is 5.89 Å². The van der Waals surface area contributed by atoms with E-state index in [4.69, 9.17) is 9.26 Å². The summed E-state index contributed by atoms with van der Waals surface area (Å²) in [6.07, 6.45) is 4.15. The van der Waals surface area contributed by atoms with Gasteiger partial charge in [0.2, 0.25) is 11.8 Å². The fourth-order valence-corrected chi connectivity index (χ4v) is 3.10. The summed E-state index contributed by atoms with van der Waals surface area (Å²) in [5.41, 5.74) is 0. The van der Waals surface area contributed by atoms with Gasteiger partial charge >= 0.3 is 0 Å². The first-order chi connectivity index (χ1) is 11.7. The summed E-state index contributed by atoms with van der Waals surface area (Å²) in [5, 5.41) is 6.77. The van der Waals surface area contributed by atoms with Gasteiger partial charge in [-0.3, -0.25) is 9.59 Å². The molecule has 3 fully saturated rings. The fourth-order valence-electron chi connectivity index (χ4n) is 3.10. The molecule has 1 aliphatic carbocycles. The minimum atomic E-state index is 0.0382. The first-order valence-corrected chi connectivity index (χ1v) is 8.66. The van der Waals surface area contributed by atoms with Crippen molar-refractivity contribution in [2.45, 2.75) is 50.7 Å². The standard InChI is InChI=1S/C16H22N4O4/c21-13-4-1-10(6-17-13)5-15(22)20-7-12(8-20)23-9-14-18-16(19-24-14)11-2-3-11/h10-12H,1-9H2,(H,17,21). The van der Waals surface area contributed by atoms with E-state index >= 15 is 0 Å². The van der Waals surface area contributed by atoms with E-state index in [0.29, 0.717) is 50.9 Å². The lowest BCUT2D eigenvalue weighted by molar-refractivity contribution is -0.148. The molecule has 1 unspecified atom stereocenters. The summed E-state index contributed by atoms with van der Waals surface area (Å²) >= 11 is 0. The lowest BCUT2D eigenvalue weighted by Crippen LogP contribution is -2.55. The van der Waals surface area contributed by atoms with Crippen LogP contribution in [-0.2, 0) is 20.9 Å². The molecule has 1 N–H and O–H groups in total. The second-order valence-electron chi connectivity index (χ2n) is 6.97. The van der Waals surface area contributed by atoms with Crippen LogP contribution in [0.15, 0.2) is 4.52 Å². The van der Waals surface area contributed by atoms with Crippen molar-refractivity contribution in [1.82, 2.24) is 20.4 Å². The van der Waals surface area contributed by atoms with Crippen molar-refractivity contribution < 1.29 is 18.8 Å². The summed E-state index contributed by atoms with van der Waals surface area (Å²) in [7, 11) is 0. The molecule has 1 saturated carbocycles. The number of amides is 2. The maximum absolute atomic E-state index is 12.2. The molecule has 2 aliphatic heterocycles. The van der Waals surface area contributed by atoms with Crippen LogP contribution in [0.1, 0.15) is 49.7 Å². The molecule has 1 atom stereocenters. The first kappa shape index (κ1) is 15.6. The number of carbonyl (C=O) groups is 2. The quantitative estimate of drug-likeness (QED) is 0.818. The topological polar surface area (TPSA) is 97.6 Å². The number of carbonyl (C=O) groups excluding carboxylic acids is 2. The van der Waals surface area contributed by atoms with Gasteiger partial charge in [-0.2, -0.15) is 4.98 Å². The van der Waals surface area contributed by atoms with Gasteiger partial charge in [0, 0.05) is 38.4 Å². The molecular formula is C16H22N4O4. The summed E-state index contributed by atoms with van der Waals surface area (Å²) < 4.78 is 10.9. The second kappa shape index (κ2) is 6.51. The highest BCUT2D eigenvalue weighted by Gasteiger charge is 2.34. The van der Waals surface area contributed by atoms with Crippen LogP contribution in [0.3, 0.4) is 0 Å². The smallest absolute Gasteiger partial charge is 0.252 e. The van der Waals surface area contributed by atoms with Gasteiger partial charge in [0.1, 0.15) is 6.61 Å². The minimum absolute atomic E-state index is 0.0382. The summed E-state index contributed by atoms with van der Waals surface area (Å²) in [6.45, 7) is 2.14. The molecular weight excluding hydrogens is 312 g/mol. The van der Waals surface area contributed by atoms with Crippen molar-refractivity contribution in [2.75, 3.05) is 19.6 Å². The van der Waals surface area contributed by atoms with E-state index in [9.17, 15) is 9.59 Å². The summed E-state index contributed by atoms with van der Waals surface area (Å²) in [5.74, 6) is 2.27. The maximum Gasteiger partial charge on any atom is 0.252 e. The Labute approximate surface area is 139 Å². The first-order valence-electron chi connectivity index (χ1n) is 8.66. The minimum Gasteiger partial charge on any atom is -0.365 e. The summed E-state index contributed by atoms with van der Waals surface area (Å²) in [4.78, 5) is 29.5. The molecule has 4 rings (SSSR count). The summed E-state index contributed by atoms with van der Waals surface area (Å²) in [6, 6.07) is 0. The molecule has 0 bridgehead atoms. The molecule has 2 saturated heterocycles. The van der Waals surface area contributed by atoms with Crippen LogP contribution in [0, 0.1) is 5.92 Å². The molecule has 24 heavy (non-hydrogen) atoms. The highest BCUT2D eigenvalue weighted by molar-refractivity contribution is 5.79. The highest BCUT2D eigenvalue weighted by atomic mass is 16.5. The van der Waals surface area contributed by atoms with Crippen LogP contribution in [-0.4, -0.2) is 52.6 Å². The van der Waals surface area contributed by atoms with Gasteiger partial charge in [0.05, 0.1) is 6.10 Å². The van der Waals surface area contributed by atoms with Crippen LogP contribution in [0.5, 0.6) is 0 Å². The average Bonchev–Trinajstić information content (AvgIpc) is 3.27. The molecule has 1 aromatic rings. The number of ether oxygens (including phenoxy) is 1. The van der Waals surface area contributed by atoms with E-state index < -0.39 is 0 Å². The number of piperidine rings is 1. The number of rotatable bonds is 6. The Morgan fingerprint density at radius 2 is 2.17 bits per heavy atom. The predicted molar refractivity (Wildman–Crippen MR) is 81.8 cm³/mol. The van der Waals surface area contributed by atoms with Gasteiger partial charge in [0.15, 0.2) is 5.82 Å². The molecule has 2 amide bonds. The normalized spacial score (nSPS) is 24.6. The van der Waals surface area contributed by atoms with Crippen LogP contribution < -0.4 is 5.32 Å². The Bertz CT molecular complexity index is 611. The van der Waals surface area contributed by atoms with E-state index in [-0.39, 0.29) is 23.8 Å². The number of nitrogens with zero attached hydrogens (tertiary/aromatic N) is 3. The van der Waals surface area contributed by atoms with Crippen molar-refractivity contribution in [3.05, 3.63) is 11.7 Å². The third-order valence-corrected chi connectivity index (χ3v) is 4.90. The highest BCUT2D eigenvalue weighted by Crippen LogP contribution is 2.38. The van der Waals surface area contributed by atoms with Crippen molar-refractivity contribution >= 4 is 11.8 Å². The number of likely N-dealkylation sites (tertiary alicyclic amines) is 1. The fraction of sp³-hybridized carbons (Fsp3) is 0.750. The Hall–Kier alpha value is -1.96. The zero-order chi connectivity index (χ0) is 16.5. The van der Waals surface area contributed by atoms with Gasteiger partial charge in [-0.1, -0.05) is 5.16 Å². The third kappa shape index (κ3) is 3.58. The SMILES string of the molecule is O=C1CCC(CC(=O)N2CC(OCc3nc(C4CC4)no3)C2)CN1. The van der Waals surface area contributed by atoms with Crippen LogP contribution >= 0.6 is 0 Å². The van der Waals surface area contributed by atoms with Crippen LogP contribution in [0.4, 0.5) is 0 Å². The van der Waals surface area contributed by atoms with E-state index in [1.165, 1.54) is 0 Å². The Morgan fingerprint density at radius 1 is 1.33 bits per heavy atom. The monoisotopic (exact) mass is 334 g/mol. The molecule has 3 heterocycles. The largest absolute Gasteiger partial charge is 0.365 e. The van der Waals surface area contributed by atoms with Gasteiger partial charge < -0.3 is 19.5 Å². The Morgan fingerprint density at radius 3 is 2.88 bits per heavy atom. The zero-order valence-electron chi connectivity index (χ0n) is 13.6. The molecule has 1 aromatic heterocycles. The van der Waals surface area contributed by atoms with Gasteiger partial charge in [-0.15, -0.1) is 0 Å². The molecule has 130 valence electrons. The number of nitrogens with one attached hydrogen (secondary N) is 1. The number of hydrogen-bond acceptors (Lipinski definition) is 6. The number of hydrogen-bond donors (Lipinski definition) is 1. The van der Waals surface area contributed by atoms with E-state index in [2.05, 4.69) is 15.5 Å². The molecule has 0 spiro atoms. The molecule has 8 heteroatoms. The predicted octanol–water partition coefficient (Wildman–Crippen LogP) is 0.591. The van der Waals surface area contributed by atoms with Crippen molar-refractivity contribution in [1.29, 1.82) is 0 Å². The third-order valence-electron chi connectivity index (χ3n) is 4.90. The van der Waals surface area contributed by atoms with Crippen molar-refractivity contribution in [3.8, 4) is 0 Å².